The second kappa shape index (κ2) is 9.25. The van der Waals surface area contributed by atoms with Crippen molar-refractivity contribution in [3.63, 3.8) is 0 Å². The van der Waals surface area contributed by atoms with Crippen LogP contribution in [0.2, 0.25) is 0 Å². The van der Waals surface area contributed by atoms with Crippen molar-refractivity contribution in [1.82, 2.24) is 20.4 Å². The lowest BCUT2D eigenvalue weighted by Crippen LogP contribution is -2.31. The van der Waals surface area contributed by atoms with Gasteiger partial charge in [-0.05, 0) is 34.6 Å². The van der Waals surface area contributed by atoms with E-state index in [0.29, 0.717) is 24.2 Å². The molecule has 1 aromatic heterocycles. The Morgan fingerprint density at radius 3 is 2.34 bits per heavy atom. The molecule has 2 aliphatic rings. The minimum absolute atomic E-state index is 0.0371. The zero-order chi connectivity index (χ0) is 24.5. The number of amides is 2. The SMILES string of the molecule is Cn1ncc(CNC(=O)OCC2c3ccccc3-c3ccccc32)c1C(=O)NC[C@H]1C[C@H]1C(=O)O. The number of nitrogens with one attached hydrogen (secondary N) is 2. The fourth-order valence-corrected chi connectivity index (χ4v) is 4.81. The number of alkyl carbamates (subject to hydrolysis) is 1. The Labute approximate surface area is 202 Å². The van der Waals surface area contributed by atoms with Crippen molar-refractivity contribution < 1.29 is 24.2 Å². The molecule has 3 N–H and O–H groups in total. The predicted octanol–water partition coefficient (Wildman–Crippen LogP) is 2.91. The van der Waals surface area contributed by atoms with Crippen molar-refractivity contribution in [1.29, 1.82) is 0 Å². The molecule has 0 unspecified atom stereocenters. The average Bonchev–Trinajstić information content (AvgIpc) is 3.46. The summed E-state index contributed by atoms with van der Waals surface area (Å²) in [4.78, 5) is 36.1. The highest BCUT2D eigenvalue weighted by atomic mass is 16.5. The third-order valence-electron chi connectivity index (χ3n) is 6.76. The van der Waals surface area contributed by atoms with Crippen LogP contribution in [0.1, 0.15) is 39.5 Å². The van der Waals surface area contributed by atoms with Crippen LogP contribution in [0, 0.1) is 11.8 Å². The molecule has 1 heterocycles. The first-order chi connectivity index (χ1) is 16.9. The van der Waals surface area contributed by atoms with Gasteiger partial charge in [0.15, 0.2) is 0 Å². The molecule has 0 spiro atoms. The van der Waals surface area contributed by atoms with E-state index in [9.17, 15) is 14.4 Å². The molecule has 2 atom stereocenters. The molecule has 0 radical (unpaired) electrons. The van der Waals surface area contributed by atoms with Gasteiger partial charge in [-0.3, -0.25) is 14.3 Å². The van der Waals surface area contributed by atoms with Gasteiger partial charge in [-0.1, -0.05) is 48.5 Å². The Kier molecular flexibility index (Phi) is 5.98. The molecule has 1 fully saturated rings. The monoisotopic (exact) mass is 474 g/mol. The second-order valence-corrected chi connectivity index (χ2v) is 8.97. The van der Waals surface area contributed by atoms with Crippen LogP contribution < -0.4 is 10.6 Å². The first kappa shape index (κ1) is 22.6. The number of aliphatic carboxylic acids is 1. The molecule has 180 valence electrons. The van der Waals surface area contributed by atoms with Crippen LogP contribution in [-0.2, 0) is 23.1 Å². The van der Waals surface area contributed by atoms with Crippen molar-refractivity contribution in [3.8, 4) is 11.1 Å². The van der Waals surface area contributed by atoms with E-state index in [4.69, 9.17) is 9.84 Å². The van der Waals surface area contributed by atoms with Gasteiger partial charge in [0, 0.05) is 25.1 Å². The van der Waals surface area contributed by atoms with Crippen LogP contribution in [0.4, 0.5) is 4.79 Å². The summed E-state index contributed by atoms with van der Waals surface area (Å²) in [6, 6.07) is 16.2. The third-order valence-corrected chi connectivity index (χ3v) is 6.76. The number of ether oxygens (including phenoxy) is 1. The van der Waals surface area contributed by atoms with Gasteiger partial charge in [0.25, 0.3) is 5.91 Å². The van der Waals surface area contributed by atoms with Crippen molar-refractivity contribution >= 4 is 18.0 Å². The number of carboxylic acids is 1. The number of aromatic nitrogens is 2. The molecular weight excluding hydrogens is 448 g/mol. The van der Waals surface area contributed by atoms with Gasteiger partial charge in [-0.2, -0.15) is 5.10 Å². The highest BCUT2D eigenvalue weighted by Gasteiger charge is 2.43. The molecule has 2 amide bonds. The average molecular weight is 475 g/mol. The summed E-state index contributed by atoms with van der Waals surface area (Å²) in [5, 5.41) is 18.6. The molecule has 5 rings (SSSR count). The molecule has 2 aliphatic carbocycles. The van der Waals surface area contributed by atoms with Gasteiger partial charge >= 0.3 is 12.1 Å². The molecule has 9 nitrogen and oxygen atoms in total. The van der Waals surface area contributed by atoms with Crippen molar-refractivity contribution in [2.24, 2.45) is 18.9 Å². The van der Waals surface area contributed by atoms with Crippen molar-refractivity contribution in [2.75, 3.05) is 13.2 Å². The summed E-state index contributed by atoms with van der Waals surface area (Å²) in [6.07, 6.45) is 1.51. The Hall–Kier alpha value is -4.14. The third kappa shape index (κ3) is 4.49. The van der Waals surface area contributed by atoms with Crippen LogP contribution in [0.25, 0.3) is 11.1 Å². The molecule has 1 saturated carbocycles. The van der Waals surface area contributed by atoms with Crippen LogP contribution in [0.3, 0.4) is 0 Å². The lowest BCUT2D eigenvalue weighted by Gasteiger charge is -2.14. The van der Waals surface area contributed by atoms with Gasteiger partial charge in [-0.25, -0.2) is 4.79 Å². The lowest BCUT2D eigenvalue weighted by molar-refractivity contribution is -0.138. The van der Waals surface area contributed by atoms with Gasteiger partial charge in [0.2, 0.25) is 0 Å². The van der Waals surface area contributed by atoms with E-state index in [1.165, 1.54) is 10.9 Å². The number of carbonyl (C=O) groups excluding carboxylic acids is 2. The van der Waals surface area contributed by atoms with E-state index in [-0.39, 0.29) is 30.9 Å². The van der Waals surface area contributed by atoms with Crippen LogP contribution in [0.5, 0.6) is 0 Å². The van der Waals surface area contributed by atoms with Crippen LogP contribution in [-0.4, -0.2) is 46.0 Å². The van der Waals surface area contributed by atoms with E-state index in [0.717, 1.165) is 22.3 Å². The highest BCUT2D eigenvalue weighted by Crippen LogP contribution is 2.44. The minimum Gasteiger partial charge on any atom is -0.481 e. The lowest BCUT2D eigenvalue weighted by atomic mass is 9.98. The highest BCUT2D eigenvalue weighted by molar-refractivity contribution is 5.94. The minimum atomic E-state index is -0.835. The molecule has 0 aliphatic heterocycles. The van der Waals surface area contributed by atoms with Gasteiger partial charge in [0.05, 0.1) is 18.7 Å². The summed E-state index contributed by atoms with van der Waals surface area (Å²) in [5.41, 5.74) is 5.44. The standard InChI is InChI=1S/C26H26N4O5/c1-30-23(24(31)27-11-15-10-21(15)25(32)33)16(13-29-30)12-28-26(34)35-14-22-19-8-4-2-6-17(19)18-7-3-5-9-20(18)22/h2-9,13,15,21-22H,10-12,14H2,1H3,(H,27,31)(H,28,34)(H,32,33)/t15-,21-/m1/s1. The summed E-state index contributed by atoms with van der Waals surface area (Å²) >= 11 is 0. The van der Waals surface area contributed by atoms with Gasteiger partial charge < -0.3 is 20.5 Å². The van der Waals surface area contributed by atoms with Gasteiger partial charge in [0.1, 0.15) is 12.3 Å². The first-order valence-corrected chi connectivity index (χ1v) is 11.5. The van der Waals surface area contributed by atoms with E-state index in [1.807, 2.05) is 24.3 Å². The van der Waals surface area contributed by atoms with E-state index >= 15 is 0 Å². The van der Waals surface area contributed by atoms with Gasteiger partial charge in [-0.15, -0.1) is 0 Å². The summed E-state index contributed by atoms with van der Waals surface area (Å²) in [6.45, 7) is 0.570. The smallest absolute Gasteiger partial charge is 0.407 e. The number of aryl methyl sites for hydroxylation is 1. The quantitative estimate of drug-likeness (QED) is 0.461. The molecule has 0 bridgehead atoms. The maximum atomic E-state index is 12.7. The Morgan fingerprint density at radius 1 is 1.06 bits per heavy atom. The largest absolute Gasteiger partial charge is 0.481 e. The van der Waals surface area contributed by atoms with Crippen LogP contribution >= 0.6 is 0 Å². The topological polar surface area (TPSA) is 123 Å². The summed E-state index contributed by atoms with van der Waals surface area (Å²) < 4.78 is 6.99. The Morgan fingerprint density at radius 2 is 1.71 bits per heavy atom. The number of nitrogens with zero attached hydrogens (tertiary/aromatic N) is 2. The molecule has 3 aromatic rings. The number of hydrogen-bond acceptors (Lipinski definition) is 5. The van der Waals surface area contributed by atoms with Crippen molar-refractivity contribution in [2.45, 2.75) is 18.9 Å². The number of fused-ring (bicyclic) bond motifs is 3. The normalized spacial score (nSPS) is 17.9. The summed E-state index contributed by atoms with van der Waals surface area (Å²) in [7, 11) is 1.64. The molecule has 0 saturated heterocycles. The summed E-state index contributed by atoms with van der Waals surface area (Å²) in [5.74, 6) is -1.67. The maximum absolute atomic E-state index is 12.7. The number of hydrogen-bond donors (Lipinski definition) is 3. The second-order valence-electron chi connectivity index (χ2n) is 8.97. The van der Waals surface area contributed by atoms with Crippen molar-refractivity contribution in [3.05, 3.63) is 77.1 Å². The number of benzene rings is 2. The first-order valence-electron chi connectivity index (χ1n) is 11.5. The zero-order valence-corrected chi connectivity index (χ0v) is 19.2. The Bertz CT molecular complexity index is 1250. The fraction of sp³-hybridized carbons (Fsp3) is 0.308. The predicted molar refractivity (Wildman–Crippen MR) is 127 cm³/mol. The molecule has 9 heteroatoms. The van der Waals surface area contributed by atoms with E-state index in [2.05, 4.69) is 40.0 Å². The maximum Gasteiger partial charge on any atom is 0.407 e. The molecule has 35 heavy (non-hydrogen) atoms. The molecule has 2 aromatic carbocycles. The number of carbonyl (C=O) groups is 3. The van der Waals surface area contributed by atoms with E-state index < -0.39 is 18.0 Å². The molecular formula is C26H26N4O5. The van der Waals surface area contributed by atoms with E-state index in [1.54, 1.807) is 7.05 Å². The van der Waals surface area contributed by atoms with Crippen LogP contribution in [0.15, 0.2) is 54.7 Å². The Balaban J connectivity index is 1.17. The zero-order valence-electron chi connectivity index (χ0n) is 19.2. The number of carboxylic acid groups (broad SMARTS) is 1. The number of rotatable bonds is 8. The fourth-order valence-electron chi connectivity index (χ4n) is 4.81.